The fourth-order valence-corrected chi connectivity index (χ4v) is 3.32. The fraction of sp³-hybridized carbons (Fsp3) is 0.333. The first-order valence-corrected chi connectivity index (χ1v) is 6.77. The molecule has 6 heteroatoms. The number of nitrogens with two attached hydrogens (primary N) is 1. The van der Waals surface area contributed by atoms with Crippen molar-refractivity contribution in [1.29, 1.82) is 0 Å². The molecule has 15 heavy (non-hydrogen) atoms. The van der Waals surface area contributed by atoms with Crippen LogP contribution in [0.4, 0.5) is 0 Å². The van der Waals surface area contributed by atoms with Crippen LogP contribution in [0.2, 0.25) is 0 Å². The molecule has 0 saturated carbocycles. The lowest BCUT2D eigenvalue weighted by molar-refractivity contribution is 0.583. The molecule has 84 valence electrons. The first-order chi connectivity index (χ1) is 7.01. The van der Waals surface area contributed by atoms with E-state index < -0.39 is 10.0 Å². The second-order valence-corrected chi connectivity index (χ2v) is 5.56. The smallest absolute Gasteiger partial charge is 0.241 e. The van der Waals surface area contributed by atoms with Gasteiger partial charge in [0.2, 0.25) is 10.0 Å². The van der Waals surface area contributed by atoms with Crippen LogP contribution in [0.15, 0.2) is 27.6 Å². The van der Waals surface area contributed by atoms with Gasteiger partial charge in [-0.1, -0.05) is 13.0 Å². The van der Waals surface area contributed by atoms with Crippen molar-refractivity contribution in [3.63, 3.8) is 0 Å². The van der Waals surface area contributed by atoms with Crippen LogP contribution < -0.4 is 10.5 Å². The van der Waals surface area contributed by atoms with Crippen LogP contribution in [0.3, 0.4) is 0 Å². The van der Waals surface area contributed by atoms with Crippen LogP contribution in [0, 0.1) is 0 Å². The summed E-state index contributed by atoms with van der Waals surface area (Å²) in [6.45, 7) is 2.49. The van der Waals surface area contributed by atoms with Crippen LogP contribution in [0.5, 0.6) is 0 Å². The molecule has 1 rings (SSSR count). The van der Waals surface area contributed by atoms with Crippen molar-refractivity contribution in [1.82, 2.24) is 4.72 Å². The third kappa shape index (κ3) is 3.01. The van der Waals surface area contributed by atoms with E-state index in [0.717, 1.165) is 5.56 Å². The Labute approximate surface area is 98.0 Å². The van der Waals surface area contributed by atoms with Crippen molar-refractivity contribution in [2.24, 2.45) is 5.73 Å². The number of hydrogen-bond donors (Lipinski definition) is 2. The van der Waals surface area contributed by atoms with Gasteiger partial charge in [-0.15, -0.1) is 0 Å². The topological polar surface area (TPSA) is 72.2 Å². The molecule has 0 atom stereocenters. The van der Waals surface area contributed by atoms with Gasteiger partial charge < -0.3 is 5.73 Å². The first kappa shape index (κ1) is 12.6. The molecule has 1 aromatic carbocycles. The summed E-state index contributed by atoms with van der Waals surface area (Å²) >= 11 is 3.22. The van der Waals surface area contributed by atoms with Gasteiger partial charge in [-0.25, -0.2) is 13.1 Å². The van der Waals surface area contributed by atoms with Gasteiger partial charge in [0, 0.05) is 17.6 Å². The fourth-order valence-electron chi connectivity index (χ4n) is 1.16. The Kier molecular flexibility index (Phi) is 4.27. The Bertz CT molecular complexity index is 445. The zero-order valence-corrected chi connectivity index (χ0v) is 10.7. The van der Waals surface area contributed by atoms with E-state index in [-0.39, 0.29) is 4.90 Å². The van der Waals surface area contributed by atoms with Gasteiger partial charge in [0.05, 0.1) is 4.90 Å². The third-order valence-electron chi connectivity index (χ3n) is 1.86. The minimum atomic E-state index is -3.40. The monoisotopic (exact) mass is 292 g/mol. The van der Waals surface area contributed by atoms with E-state index in [1.807, 2.05) is 0 Å². The number of benzene rings is 1. The van der Waals surface area contributed by atoms with Crippen molar-refractivity contribution in [3.8, 4) is 0 Å². The minimum Gasteiger partial charge on any atom is -0.326 e. The summed E-state index contributed by atoms with van der Waals surface area (Å²) in [5.41, 5.74) is 6.34. The molecule has 1 aromatic rings. The van der Waals surface area contributed by atoms with Crippen LogP contribution in [-0.4, -0.2) is 15.0 Å². The predicted molar refractivity (Wildman–Crippen MR) is 62.9 cm³/mol. The van der Waals surface area contributed by atoms with Gasteiger partial charge >= 0.3 is 0 Å². The molecule has 0 fully saturated rings. The lowest BCUT2D eigenvalue weighted by atomic mass is 10.2. The Morgan fingerprint density at radius 1 is 1.47 bits per heavy atom. The van der Waals surface area contributed by atoms with E-state index in [9.17, 15) is 8.42 Å². The Balaban J connectivity index is 3.16. The van der Waals surface area contributed by atoms with Crippen molar-refractivity contribution in [2.45, 2.75) is 18.4 Å². The number of halogens is 1. The van der Waals surface area contributed by atoms with E-state index in [4.69, 9.17) is 5.73 Å². The summed E-state index contributed by atoms with van der Waals surface area (Å²) in [6, 6.07) is 4.96. The van der Waals surface area contributed by atoms with Crippen molar-refractivity contribution in [2.75, 3.05) is 6.54 Å². The molecule has 3 N–H and O–H groups in total. The number of sulfonamides is 1. The summed E-state index contributed by atoms with van der Waals surface area (Å²) in [6.07, 6.45) is 0. The average Bonchev–Trinajstić information content (AvgIpc) is 2.17. The second-order valence-electron chi connectivity index (χ2n) is 2.97. The van der Waals surface area contributed by atoms with E-state index in [2.05, 4.69) is 20.7 Å². The molecule has 0 heterocycles. The minimum absolute atomic E-state index is 0.238. The van der Waals surface area contributed by atoms with Gasteiger partial charge in [0.15, 0.2) is 0 Å². The summed E-state index contributed by atoms with van der Waals surface area (Å²) in [5.74, 6) is 0. The highest BCUT2D eigenvalue weighted by Gasteiger charge is 2.16. The van der Waals surface area contributed by atoms with E-state index in [0.29, 0.717) is 17.6 Å². The Morgan fingerprint density at radius 3 is 2.60 bits per heavy atom. The van der Waals surface area contributed by atoms with Crippen molar-refractivity contribution in [3.05, 3.63) is 28.2 Å². The molecule has 0 radical (unpaired) electrons. The summed E-state index contributed by atoms with van der Waals surface area (Å²) < 4.78 is 26.3. The largest absolute Gasteiger partial charge is 0.326 e. The Morgan fingerprint density at radius 2 is 2.13 bits per heavy atom. The van der Waals surface area contributed by atoms with E-state index in [1.54, 1.807) is 25.1 Å². The van der Waals surface area contributed by atoms with E-state index in [1.165, 1.54) is 0 Å². The highest BCUT2D eigenvalue weighted by molar-refractivity contribution is 9.10. The maximum atomic E-state index is 11.7. The Hall–Kier alpha value is -0.430. The van der Waals surface area contributed by atoms with Gasteiger partial charge in [-0.05, 0) is 33.6 Å². The molecular formula is C9H13BrN2O2S. The van der Waals surface area contributed by atoms with Crippen LogP contribution in [0.1, 0.15) is 12.5 Å². The lowest BCUT2D eigenvalue weighted by Crippen LogP contribution is -2.23. The van der Waals surface area contributed by atoms with Crippen LogP contribution in [-0.2, 0) is 16.6 Å². The zero-order valence-electron chi connectivity index (χ0n) is 8.33. The number of nitrogens with one attached hydrogen (secondary N) is 1. The molecule has 0 bridgehead atoms. The normalized spacial score (nSPS) is 11.7. The highest BCUT2D eigenvalue weighted by atomic mass is 79.9. The molecule has 0 aromatic heterocycles. The second kappa shape index (κ2) is 5.07. The van der Waals surface area contributed by atoms with Crippen LogP contribution >= 0.6 is 15.9 Å². The van der Waals surface area contributed by atoms with Crippen LogP contribution in [0.25, 0.3) is 0 Å². The van der Waals surface area contributed by atoms with Gasteiger partial charge in [-0.3, -0.25) is 0 Å². The quantitative estimate of drug-likeness (QED) is 0.876. The summed E-state index contributed by atoms with van der Waals surface area (Å²) in [4.78, 5) is 0.238. The predicted octanol–water partition coefficient (Wildman–Crippen LogP) is 1.21. The third-order valence-corrected chi connectivity index (χ3v) is 4.38. The van der Waals surface area contributed by atoms with Crippen molar-refractivity contribution < 1.29 is 8.42 Å². The summed E-state index contributed by atoms with van der Waals surface area (Å²) in [5, 5.41) is 0. The molecule has 0 aliphatic carbocycles. The van der Waals surface area contributed by atoms with E-state index >= 15 is 0 Å². The lowest BCUT2D eigenvalue weighted by Gasteiger charge is -2.07. The molecule has 0 unspecified atom stereocenters. The number of rotatable bonds is 4. The van der Waals surface area contributed by atoms with Gasteiger partial charge in [0.25, 0.3) is 0 Å². The maximum absolute atomic E-state index is 11.7. The highest BCUT2D eigenvalue weighted by Crippen LogP contribution is 2.22. The zero-order chi connectivity index (χ0) is 11.5. The molecular weight excluding hydrogens is 280 g/mol. The molecule has 0 amide bonds. The SMILES string of the molecule is CCNS(=O)(=O)c1ccc(CN)cc1Br. The maximum Gasteiger partial charge on any atom is 0.241 e. The van der Waals surface area contributed by atoms with Gasteiger partial charge in [0.1, 0.15) is 0 Å². The standard InChI is InChI=1S/C9H13BrN2O2S/c1-2-12-15(13,14)9-4-3-7(6-11)5-8(9)10/h3-5,12H,2,6,11H2,1H3. The van der Waals surface area contributed by atoms with Gasteiger partial charge in [-0.2, -0.15) is 0 Å². The summed E-state index contributed by atoms with van der Waals surface area (Å²) in [7, 11) is -3.40. The molecule has 4 nitrogen and oxygen atoms in total. The first-order valence-electron chi connectivity index (χ1n) is 4.49. The van der Waals surface area contributed by atoms with Crippen molar-refractivity contribution >= 4 is 26.0 Å². The molecule has 0 saturated heterocycles. The number of hydrogen-bond acceptors (Lipinski definition) is 3. The molecule has 0 aliphatic rings. The molecule has 0 aliphatic heterocycles. The molecule has 0 spiro atoms. The average molecular weight is 293 g/mol.